The lowest BCUT2D eigenvalue weighted by Crippen LogP contribution is -2.16. The van der Waals surface area contributed by atoms with Crippen molar-refractivity contribution in [1.82, 2.24) is 4.98 Å². The molecule has 0 spiro atoms. The van der Waals surface area contributed by atoms with Gasteiger partial charge >= 0.3 is 12.1 Å². The molecule has 1 heterocycles. The number of hydrogen-bond donors (Lipinski definition) is 1. The monoisotopic (exact) mass is 403 g/mol. The molecule has 2 aromatic rings. The van der Waals surface area contributed by atoms with Crippen molar-refractivity contribution in [3.8, 4) is 11.3 Å². The molecule has 0 unspecified atom stereocenters. The van der Waals surface area contributed by atoms with Gasteiger partial charge in [-0.25, -0.2) is 18.6 Å². The molecule has 9 heteroatoms. The van der Waals surface area contributed by atoms with Gasteiger partial charge in [-0.2, -0.15) is 13.2 Å². The Balaban J connectivity index is 2.20. The number of halogens is 5. The van der Waals surface area contributed by atoms with Crippen molar-refractivity contribution in [3.63, 3.8) is 0 Å². The molecule has 1 aromatic heterocycles. The number of thioether (sulfide) groups is 1. The topological polar surface area (TPSA) is 50.2 Å². The van der Waals surface area contributed by atoms with E-state index in [9.17, 15) is 31.9 Å². The van der Waals surface area contributed by atoms with E-state index in [2.05, 4.69) is 4.98 Å². The van der Waals surface area contributed by atoms with Gasteiger partial charge in [-0.3, -0.25) is 0 Å². The SMILES string of the molecule is O=C(O)c1c(C(F)(F)F)cc(-c2cc(F)cc(F)c2)nc1SC1CCCC1. The van der Waals surface area contributed by atoms with E-state index in [0.29, 0.717) is 12.1 Å². The van der Waals surface area contributed by atoms with Gasteiger partial charge in [0.25, 0.3) is 0 Å². The fourth-order valence-electron chi connectivity index (χ4n) is 3.05. The number of carboxylic acid groups (broad SMARTS) is 1. The van der Waals surface area contributed by atoms with Crippen molar-refractivity contribution in [3.05, 3.63) is 47.0 Å². The lowest BCUT2D eigenvalue weighted by Gasteiger charge is -2.17. The highest BCUT2D eigenvalue weighted by Gasteiger charge is 2.38. The number of benzene rings is 1. The fraction of sp³-hybridized carbons (Fsp3) is 0.333. The second-order valence-corrected chi connectivity index (χ2v) is 7.51. The van der Waals surface area contributed by atoms with Crippen molar-refractivity contribution < 1.29 is 31.9 Å². The van der Waals surface area contributed by atoms with E-state index in [1.807, 2.05) is 0 Å². The maximum Gasteiger partial charge on any atom is 0.417 e. The number of alkyl halides is 3. The lowest BCUT2D eigenvalue weighted by atomic mass is 10.0. The molecule has 1 saturated carbocycles. The number of carbonyl (C=O) groups is 1. The highest BCUT2D eigenvalue weighted by atomic mass is 32.2. The summed E-state index contributed by atoms with van der Waals surface area (Å²) in [6, 6.07) is 2.83. The smallest absolute Gasteiger partial charge is 0.417 e. The summed E-state index contributed by atoms with van der Waals surface area (Å²) in [6.45, 7) is 0. The van der Waals surface area contributed by atoms with Crippen LogP contribution < -0.4 is 0 Å². The lowest BCUT2D eigenvalue weighted by molar-refractivity contribution is -0.138. The summed E-state index contributed by atoms with van der Waals surface area (Å²) in [7, 11) is 0. The molecule has 1 aromatic carbocycles. The van der Waals surface area contributed by atoms with E-state index < -0.39 is 34.9 Å². The number of carboxylic acids is 1. The Hall–Kier alpha value is -2.16. The first-order chi connectivity index (χ1) is 12.6. The maximum atomic E-state index is 13.5. The largest absolute Gasteiger partial charge is 0.478 e. The van der Waals surface area contributed by atoms with Crippen LogP contribution >= 0.6 is 11.8 Å². The minimum Gasteiger partial charge on any atom is -0.478 e. The van der Waals surface area contributed by atoms with Gasteiger partial charge in [0.2, 0.25) is 0 Å². The molecule has 144 valence electrons. The molecule has 0 atom stereocenters. The first kappa shape index (κ1) is 19.6. The summed E-state index contributed by atoms with van der Waals surface area (Å²) in [6.07, 6.45) is -1.67. The van der Waals surface area contributed by atoms with Crippen LogP contribution in [0.4, 0.5) is 22.0 Å². The number of hydrogen-bond acceptors (Lipinski definition) is 3. The molecule has 1 aliphatic carbocycles. The number of pyridine rings is 1. The molecule has 0 aliphatic heterocycles. The molecule has 27 heavy (non-hydrogen) atoms. The zero-order chi connectivity index (χ0) is 19.8. The summed E-state index contributed by atoms with van der Waals surface area (Å²) in [5.74, 6) is -3.67. The molecule has 0 amide bonds. The first-order valence-electron chi connectivity index (χ1n) is 8.14. The number of nitrogens with zero attached hydrogens (tertiary/aromatic N) is 1. The van der Waals surface area contributed by atoms with E-state index in [1.165, 1.54) is 0 Å². The quantitative estimate of drug-likeness (QED) is 0.658. The van der Waals surface area contributed by atoms with E-state index >= 15 is 0 Å². The van der Waals surface area contributed by atoms with Crippen LogP contribution in [0.1, 0.15) is 41.6 Å². The Morgan fingerprint density at radius 1 is 1.07 bits per heavy atom. The fourth-order valence-corrected chi connectivity index (χ4v) is 4.40. The molecule has 1 aliphatic rings. The van der Waals surface area contributed by atoms with Gasteiger partial charge in [0.15, 0.2) is 0 Å². The minimum absolute atomic E-state index is 0.0452. The van der Waals surface area contributed by atoms with Gasteiger partial charge in [0.1, 0.15) is 22.2 Å². The molecule has 0 bridgehead atoms. The zero-order valence-electron chi connectivity index (χ0n) is 13.8. The van der Waals surface area contributed by atoms with E-state index in [-0.39, 0.29) is 21.5 Å². The predicted molar refractivity (Wildman–Crippen MR) is 89.7 cm³/mol. The van der Waals surface area contributed by atoms with Crippen LogP contribution in [0, 0.1) is 11.6 Å². The highest BCUT2D eigenvalue weighted by Crippen LogP contribution is 2.41. The Morgan fingerprint density at radius 3 is 2.19 bits per heavy atom. The Morgan fingerprint density at radius 2 is 1.67 bits per heavy atom. The minimum atomic E-state index is -4.96. The van der Waals surface area contributed by atoms with Crippen molar-refractivity contribution in [2.24, 2.45) is 0 Å². The standard InChI is InChI=1S/C18H14F5NO2S/c19-10-5-9(6-11(20)7-10)14-8-13(18(21,22)23)15(17(25)26)16(24-14)27-12-3-1-2-4-12/h5-8,12H,1-4H2,(H,25,26). The van der Waals surface area contributed by atoms with E-state index in [4.69, 9.17) is 0 Å². The summed E-state index contributed by atoms with van der Waals surface area (Å²) in [5.41, 5.74) is -2.83. The summed E-state index contributed by atoms with van der Waals surface area (Å²) < 4.78 is 67.5. The van der Waals surface area contributed by atoms with E-state index in [0.717, 1.165) is 49.6 Å². The third-order valence-electron chi connectivity index (χ3n) is 4.24. The van der Waals surface area contributed by atoms with Crippen LogP contribution in [0.3, 0.4) is 0 Å². The maximum absolute atomic E-state index is 13.5. The van der Waals surface area contributed by atoms with Crippen LogP contribution in [0.5, 0.6) is 0 Å². The Labute approximate surface area is 155 Å². The average Bonchev–Trinajstić information content (AvgIpc) is 3.05. The molecule has 3 nitrogen and oxygen atoms in total. The molecular weight excluding hydrogens is 389 g/mol. The summed E-state index contributed by atoms with van der Waals surface area (Å²) >= 11 is 0.974. The first-order valence-corrected chi connectivity index (χ1v) is 9.02. The van der Waals surface area contributed by atoms with Gasteiger partial charge < -0.3 is 5.11 Å². The van der Waals surface area contributed by atoms with Gasteiger partial charge in [-0.1, -0.05) is 12.8 Å². The molecule has 3 rings (SSSR count). The summed E-state index contributed by atoms with van der Waals surface area (Å²) in [5, 5.41) is 9.03. The second-order valence-electron chi connectivity index (χ2n) is 6.22. The Bertz CT molecular complexity index is 859. The number of rotatable bonds is 4. The van der Waals surface area contributed by atoms with Gasteiger partial charge in [-0.05, 0) is 31.0 Å². The van der Waals surface area contributed by atoms with Crippen molar-refractivity contribution in [2.75, 3.05) is 0 Å². The van der Waals surface area contributed by atoms with Crippen LogP contribution in [-0.2, 0) is 6.18 Å². The van der Waals surface area contributed by atoms with E-state index in [1.54, 1.807) is 0 Å². The Kier molecular flexibility index (Phi) is 5.41. The van der Waals surface area contributed by atoms with Gasteiger partial charge in [0, 0.05) is 16.9 Å². The molecule has 1 N–H and O–H groups in total. The predicted octanol–water partition coefficient (Wildman–Crippen LogP) is 5.78. The van der Waals surface area contributed by atoms with Crippen LogP contribution in [0.25, 0.3) is 11.3 Å². The van der Waals surface area contributed by atoms with Crippen molar-refractivity contribution in [2.45, 2.75) is 42.1 Å². The molecule has 0 radical (unpaired) electrons. The molecule has 1 fully saturated rings. The normalized spacial score (nSPS) is 15.3. The third-order valence-corrected chi connectivity index (χ3v) is 5.57. The molecule has 0 saturated heterocycles. The van der Waals surface area contributed by atoms with Crippen LogP contribution in [0.2, 0.25) is 0 Å². The number of aromatic nitrogens is 1. The van der Waals surface area contributed by atoms with Crippen molar-refractivity contribution in [1.29, 1.82) is 0 Å². The molecular formula is C18H14F5NO2S. The van der Waals surface area contributed by atoms with Crippen LogP contribution in [-0.4, -0.2) is 21.3 Å². The van der Waals surface area contributed by atoms with Crippen molar-refractivity contribution >= 4 is 17.7 Å². The average molecular weight is 403 g/mol. The highest BCUT2D eigenvalue weighted by molar-refractivity contribution is 8.00. The number of aromatic carboxylic acids is 1. The third kappa shape index (κ3) is 4.40. The van der Waals surface area contributed by atoms with Crippen LogP contribution in [0.15, 0.2) is 29.3 Å². The zero-order valence-corrected chi connectivity index (χ0v) is 14.6. The van der Waals surface area contributed by atoms with Gasteiger partial charge in [0.05, 0.1) is 11.3 Å². The second kappa shape index (κ2) is 7.46. The van der Waals surface area contributed by atoms with Gasteiger partial charge in [-0.15, -0.1) is 11.8 Å². The summed E-state index contributed by atoms with van der Waals surface area (Å²) in [4.78, 5) is 15.6.